The number of fused-ring (bicyclic) bond motifs is 1. The standard InChI is InChI=1S/C26H35N3O2S/c1-27(2)16-17-28(3)24-10-7-11-25-23(24)18-22(32-25)19-31-26(30)29-14-12-21(13-15-29)20-8-5-4-6-9-20/h4-6,8-9,11,18,21H,7,10,12-17,19H2,1-3H3. The summed E-state index contributed by atoms with van der Waals surface area (Å²) in [6.07, 6.45) is 6.29. The number of carbonyl (C=O) groups excluding carboxylic acids is 1. The lowest BCUT2D eigenvalue weighted by Gasteiger charge is -2.31. The predicted octanol–water partition coefficient (Wildman–Crippen LogP) is 3.44. The van der Waals surface area contributed by atoms with Crippen LogP contribution in [-0.4, -0.2) is 68.1 Å². The van der Waals surface area contributed by atoms with Crippen LogP contribution < -0.4 is 9.75 Å². The fourth-order valence-electron chi connectivity index (χ4n) is 4.61. The number of likely N-dealkylation sites (tertiary alicyclic amines) is 1. The summed E-state index contributed by atoms with van der Waals surface area (Å²) < 4.78 is 7.03. The summed E-state index contributed by atoms with van der Waals surface area (Å²) in [6, 6.07) is 12.9. The van der Waals surface area contributed by atoms with Crippen molar-refractivity contribution in [3.05, 3.63) is 56.6 Å². The third-order valence-corrected chi connectivity index (χ3v) is 7.64. The second-order valence-electron chi connectivity index (χ2n) is 9.13. The third kappa shape index (κ3) is 5.54. The maximum Gasteiger partial charge on any atom is 0.410 e. The summed E-state index contributed by atoms with van der Waals surface area (Å²) >= 11 is 1.76. The van der Waals surface area contributed by atoms with E-state index in [9.17, 15) is 4.79 Å². The second kappa shape index (κ2) is 10.5. The van der Waals surface area contributed by atoms with Gasteiger partial charge in [0.15, 0.2) is 0 Å². The first-order valence-corrected chi connectivity index (χ1v) is 12.5. The van der Waals surface area contributed by atoms with E-state index in [1.54, 1.807) is 11.3 Å². The van der Waals surface area contributed by atoms with Crippen molar-refractivity contribution in [3.8, 4) is 0 Å². The SMILES string of the molecule is CN(C)CCN(C)C1=c2cc(COC(=O)N3CCC(c4ccccc4)CC3)sc2=CCC1. The molecule has 32 heavy (non-hydrogen) atoms. The van der Waals surface area contributed by atoms with Gasteiger partial charge in [-0.25, -0.2) is 4.79 Å². The quantitative estimate of drug-likeness (QED) is 0.644. The number of ether oxygens (including phenoxy) is 1. The number of hydrogen-bond acceptors (Lipinski definition) is 5. The van der Waals surface area contributed by atoms with Crippen LogP contribution >= 0.6 is 11.3 Å². The Morgan fingerprint density at radius 3 is 2.59 bits per heavy atom. The Morgan fingerprint density at radius 1 is 1.12 bits per heavy atom. The molecule has 0 bridgehead atoms. The molecule has 0 saturated carbocycles. The van der Waals surface area contributed by atoms with E-state index in [2.05, 4.69) is 73.4 Å². The number of benzene rings is 1. The number of amides is 1. The van der Waals surface area contributed by atoms with Crippen molar-refractivity contribution < 1.29 is 9.53 Å². The van der Waals surface area contributed by atoms with Crippen molar-refractivity contribution in [2.24, 2.45) is 0 Å². The number of carbonyl (C=O) groups is 1. The maximum atomic E-state index is 12.7. The summed E-state index contributed by atoms with van der Waals surface area (Å²) in [5.74, 6) is 0.540. The predicted molar refractivity (Wildman–Crippen MR) is 132 cm³/mol. The normalized spacial score (nSPS) is 16.6. The number of nitrogens with zero attached hydrogens (tertiary/aromatic N) is 3. The van der Waals surface area contributed by atoms with E-state index in [1.165, 1.54) is 21.0 Å². The van der Waals surface area contributed by atoms with Gasteiger partial charge in [0, 0.05) is 53.6 Å². The molecular weight excluding hydrogens is 418 g/mol. The van der Waals surface area contributed by atoms with Gasteiger partial charge in [-0.15, -0.1) is 11.3 Å². The fraction of sp³-hybridized carbons (Fsp3) is 0.500. The van der Waals surface area contributed by atoms with Gasteiger partial charge < -0.3 is 19.4 Å². The largest absolute Gasteiger partial charge is 0.444 e. The van der Waals surface area contributed by atoms with Crippen LogP contribution in [-0.2, 0) is 11.3 Å². The molecule has 1 amide bonds. The molecule has 1 aromatic heterocycles. The van der Waals surface area contributed by atoms with Gasteiger partial charge in [0.25, 0.3) is 0 Å². The smallest absolute Gasteiger partial charge is 0.410 e. The van der Waals surface area contributed by atoms with Crippen molar-refractivity contribution in [1.82, 2.24) is 14.7 Å². The molecule has 0 radical (unpaired) electrons. The molecule has 1 aliphatic heterocycles. The Labute approximate surface area is 195 Å². The van der Waals surface area contributed by atoms with Crippen LogP contribution in [0.15, 0.2) is 36.4 Å². The van der Waals surface area contributed by atoms with Gasteiger partial charge in [-0.3, -0.25) is 0 Å². The molecule has 0 N–H and O–H groups in total. The first kappa shape index (κ1) is 22.9. The van der Waals surface area contributed by atoms with Gasteiger partial charge in [0.05, 0.1) is 0 Å². The molecule has 0 unspecified atom stereocenters. The fourth-order valence-corrected chi connectivity index (χ4v) is 5.67. The van der Waals surface area contributed by atoms with Crippen LogP contribution in [0.3, 0.4) is 0 Å². The molecule has 2 aromatic rings. The van der Waals surface area contributed by atoms with Gasteiger partial charge >= 0.3 is 6.09 Å². The lowest BCUT2D eigenvalue weighted by atomic mass is 9.90. The van der Waals surface area contributed by atoms with Crippen LogP contribution in [0.1, 0.15) is 42.0 Å². The van der Waals surface area contributed by atoms with Crippen LogP contribution in [0.4, 0.5) is 4.79 Å². The van der Waals surface area contributed by atoms with E-state index in [0.29, 0.717) is 12.5 Å². The molecule has 1 aliphatic carbocycles. The lowest BCUT2D eigenvalue weighted by molar-refractivity contribution is 0.0878. The molecule has 1 aromatic carbocycles. The zero-order chi connectivity index (χ0) is 22.5. The molecule has 0 atom stereocenters. The molecule has 2 aliphatic rings. The topological polar surface area (TPSA) is 36.0 Å². The summed E-state index contributed by atoms with van der Waals surface area (Å²) in [5.41, 5.74) is 2.78. The van der Waals surface area contributed by atoms with Gasteiger partial charge in [0.2, 0.25) is 0 Å². The van der Waals surface area contributed by atoms with Crippen LogP contribution in [0.25, 0.3) is 11.8 Å². The summed E-state index contributed by atoms with van der Waals surface area (Å²) in [4.78, 5) is 20.2. The molecule has 6 heteroatoms. The highest BCUT2D eigenvalue weighted by molar-refractivity contribution is 7.09. The second-order valence-corrected chi connectivity index (χ2v) is 10.3. The van der Waals surface area contributed by atoms with E-state index < -0.39 is 0 Å². The minimum Gasteiger partial charge on any atom is -0.444 e. The first-order valence-electron chi connectivity index (χ1n) is 11.7. The number of likely N-dealkylation sites (N-methyl/N-ethyl adjacent to an activating group) is 2. The summed E-state index contributed by atoms with van der Waals surface area (Å²) in [7, 11) is 6.41. The molecule has 172 valence electrons. The highest BCUT2D eigenvalue weighted by atomic mass is 32.1. The number of hydrogen-bond donors (Lipinski definition) is 0. The minimum atomic E-state index is -0.181. The van der Waals surface area contributed by atoms with Crippen LogP contribution in [0, 0.1) is 0 Å². The van der Waals surface area contributed by atoms with Gasteiger partial charge in [-0.2, -0.15) is 0 Å². The molecule has 4 rings (SSSR count). The highest BCUT2D eigenvalue weighted by Gasteiger charge is 2.24. The van der Waals surface area contributed by atoms with E-state index in [1.807, 2.05) is 4.90 Å². The Morgan fingerprint density at radius 2 is 1.88 bits per heavy atom. The summed E-state index contributed by atoms with van der Waals surface area (Å²) in [5, 5.41) is 1.32. The molecular formula is C26H35N3O2S. The molecule has 1 saturated heterocycles. The molecule has 1 fully saturated rings. The first-order chi connectivity index (χ1) is 15.5. The Hall–Kier alpha value is -2.31. The Kier molecular flexibility index (Phi) is 7.53. The minimum absolute atomic E-state index is 0.181. The van der Waals surface area contributed by atoms with Crippen LogP contribution in [0.2, 0.25) is 0 Å². The van der Waals surface area contributed by atoms with Crippen molar-refractivity contribution >= 4 is 29.2 Å². The van der Waals surface area contributed by atoms with Crippen LogP contribution in [0.5, 0.6) is 0 Å². The monoisotopic (exact) mass is 453 g/mol. The maximum absolute atomic E-state index is 12.7. The van der Waals surface area contributed by atoms with Crippen molar-refractivity contribution in [1.29, 1.82) is 0 Å². The van der Waals surface area contributed by atoms with E-state index in [-0.39, 0.29) is 6.09 Å². The Balaban J connectivity index is 1.34. The zero-order valence-corrected chi connectivity index (χ0v) is 20.4. The highest BCUT2D eigenvalue weighted by Crippen LogP contribution is 2.28. The summed E-state index contributed by atoms with van der Waals surface area (Å²) in [6.45, 7) is 3.94. The van der Waals surface area contributed by atoms with Gasteiger partial charge in [-0.05, 0) is 57.3 Å². The lowest BCUT2D eigenvalue weighted by Crippen LogP contribution is -2.38. The molecule has 0 spiro atoms. The molecule has 5 nitrogen and oxygen atoms in total. The van der Waals surface area contributed by atoms with E-state index >= 15 is 0 Å². The van der Waals surface area contributed by atoms with Gasteiger partial charge in [0.1, 0.15) is 6.61 Å². The van der Waals surface area contributed by atoms with E-state index in [0.717, 1.165) is 56.7 Å². The average molecular weight is 454 g/mol. The number of rotatable bonds is 7. The van der Waals surface area contributed by atoms with Crippen molar-refractivity contribution in [2.45, 2.75) is 38.2 Å². The van der Waals surface area contributed by atoms with Gasteiger partial charge in [-0.1, -0.05) is 36.4 Å². The zero-order valence-electron chi connectivity index (χ0n) is 19.5. The number of piperidine rings is 1. The van der Waals surface area contributed by atoms with Crippen molar-refractivity contribution in [3.63, 3.8) is 0 Å². The van der Waals surface area contributed by atoms with Crippen molar-refractivity contribution in [2.75, 3.05) is 47.3 Å². The van der Waals surface area contributed by atoms with E-state index in [4.69, 9.17) is 4.74 Å². The number of thiophene rings is 1. The average Bonchev–Trinajstić information content (AvgIpc) is 3.25. The third-order valence-electron chi connectivity index (χ3n) is 6.54. The Bertz CT molecular complexity index is 1020. The molecule has 2 heterocycles.